The number of hydrogen-bond donors (Lipinski definition) is 1. The summed E-state index contributed by atoms with van der Waals surface area (Å²) >= 11 is 5.87. The molecule has 2 aromatic rings. The molecular weight excluding hydrogens is 274 g/mol. The van der Waals surface area contributed by atoms with Crippen LogP contribution in [0.1, 0.15) is 12.5 Å². The van der Waals surface area contributed by atoms with Crippen molar-refractivity contribution in [3.63, 3.8) is 0 Å². The van der Waals surface area contributed by atoms with E-state index in [1.807, 2.05) is 30.3 Å². The van der Waals surface area contributed by atoms with E-state index in [1.54, 1.807) is 31.2 Å². The molecule has 3 nitrogen and oxygen atoms in total. The van der Waals surface area contributed by atoms with E-state index >= 15 is 0 Å². The number of hydrogen-bond acceptors (Lipinski definition) is 2. The summed E-state index contributed by atoms with van der Waals surface area (Å²) in [5.41, 5.74) is 1.05. The van der Waals surface area contributed by atoms with Crippen LogP contribution in [0.2, 0.25) is 5.02 Å². The van der Waals surface area contributed by atoms with Crippen LogP contribution in [0.3, 0.4) is 0 Å². The highest BCUT2D eigenvalue weighted by Gasteiger charge is 2.14. The molecule has 0 aliphatic heterocycles. The molecule has 1 N–H and O–H groups in total. The maximum Gasteiger partial charge on any atom is 0.261 e. The fourth-order valence-electron chi connectivity index (χ4n) is 1.73. The van der Waals surface area contributed by atoms with Crippen LogP contribution in [0.25, 0.3) is 0 Å². The Morgan fingerprint density at radius 3 is 2.65 bits per heavy atom. The number of halogens is 1. The molecule has 0 saturated carbocycles. The van der Waals surface area contributed by atoms with Crippen molar-refractivity contribution < 1.29 is 9.53 Å². The summed E-state index contributed by atoms with van der Waals surface area (Å²) < 4.78 is 5.55. The van der Waals surface area contributed by atoms with E-state index in [1.165, 1.54) is 0 Å². The summed E-state index contributed by atoms with van der Waals surface area (Å²) in [6.07, 6.45) is -0.572. The number of carbonyl (C=O) groups excluding carboxylic acids is 1. The van der Waals surface area contributed by atoms with Gasteiger partial charge in [-0.25, -0.2) is 0 Å². The first-order chi connectivity index (χ1) is 9.65. The number of nitrogens with one attached hydrogen (secondary N) is 1. The molecule has 0 radical (unpaired) electrons. The molecule has 2 aromatic carbocycles. The van der Waals surface area contributed by atoms with Gasteiger partial charge in [0, 0.05) is 11.6 Å². The van der Waals surface area contributed by atoms with Crippen molar-refractivity contribution in [1.29, 1.82) is 0 Å². The molecule has 4 heteroatoms. The van der Waals surface area contributed by atoms with Crippen molar-refractivity contribution in [2.45, 2.75) is 19.6 Å². The van der Waals surface area contributed by atoms with Crippen molar-refractivity contribution in [2.24, 2.45) is 0 Å². The Hall–Kier alpha value is -2.00. The maximum absolute atomic E-state index is 11.9. The molecule has 2 rings (SSSR count). The number of amides is 1. The number of ether oxygens (including phenoxy) is 1. The molecular formula is C16H16ClNO2. The summed E-state index contributed by atoms with van der Waals surface area (Å²) in [7, 11) is 0. The second kappa shape index (κ2) is 6.96. The summed E-state index contributed by atoms with van der Waals surface area (Å²) in [5.74, 6) is 0.425. The Morgan fingerprint density at radius 1 is 1.20 bits per heavy atom. The second-order valence-corrected chi connectivity index (χ2v) is 4.86. The zero-order valence-corrected chi connectivity index (χ0v) is 11.9. The van der Waals surface area contributed by atoms with Gasteiger partial charge in [0.1, 0.15) is 5.75 Å². The lowest BCUT2D eigenvalue weighted by Crippen LogP contribution is -2.35. The van der Waals surface area contributed by atoms with E-state index in [9.17, 15) is 4.79 Å². The first kappa shape index (κ1) is 14.4. The van der Waals surface area contributed by atoms with E-state index < -0.39 is 6.10 Å². The predicted octanol–water partition coefficient (Wildman–Crippen LogP) is 3.42. The minimum absolute atomic E-state index is 0.158. The summed E-state index contributed by atoms with van der Waals surface area (Å²) in [4.78, 5) is 11.9. The zero-order chi connectivity index (χ0) is 14.4. The predicted molar refractivity (Wildman–Crippen MR) is 79.8 cm³/mol. The van der Waals surface area contributed by atoms with Crippen LogP contribution in [0.15, 0.2) is 54.6 Å². The van der Waals surface area contributed by atoms with E-state index in [2.05, 4.69) is 5.32 Å². The first-order valence-corrected chi connectivity index (χ1v) is 6.77. The van der Waals surface area contributed by atoms with Gasteiger partial charge in [-0.2, -0.15) is 0 Å². The molecule has 1 amide bonds. The van der Waals surface area contributed by atoms with Gasteiger partial charge in [0.2, 0.25) is 0 Å². The molecule has 0 heterocycles. The van der Waals surface area contributed by atoms with Crippen LogP contribution >= 0.6 is 11.6 Å². The first-order valence-electron chi connectivity index (χ1n) is 6.39. The van der Waals surface area contributed by atoms with E-state index in [4.69, 9.17) is 16.3 Å². The normalized spacial score (nSPS) is 11.7. The molecule has 0 saturated heterocycles. The highest BCUT2D eigenvalue weighted by atomic mass is 35.5. The van der Waals surface area contributed by atoms with Gasteiger partial charge in [-0.1, -0.05) is 48.0 Å². The fourth-order valence-corrected chi connectivity index (χ4v) is 1.91. The largest absolute Gasteiger partial charge is 0.481 e. The number of rotatable bonds is 5. The van der Waals surface area contributed by atoms with Gasteiger partial charge in [-0.15, -0.1) is 0 Å². The van der Waals surface area contributed by atoms with Gasteiger partial charge < -0.3 is 10.1 Å². The molecule has 0 fully saturated rings. The van der Waals surface area contributed by atoms with Gasteiger partial charge in [-0.05, 0) is 30.7 Å². The van der Waals surface area contributed by atoms with Gasteiger partial charge >= 0.3 is 0 Å². The van der Waals surface area contributed by atoms with E-state index in [0.29, 0.717) is 17.3 Å². The summed E-state index contributed by atoms with van der Waals surface area (Å²) in [6.45, 7) is 2.20. The summed E-state index contributed by atoms with van der Waals surface area (Å²) in [5, 5.41) is 3.42. The number of benzene rings is 2. The van der Waals surface area contributed by atoms with Gasteiger partial charge in [0.15, 0.2) is 6.10 Å². The Morgan fingerprint density at radius 2 is 1.95 bits per heavy atom. The average molecular weight is 290 g/mol. The third-order valence-electron chi connectivity index (χ3n) is 2.79. The zero-order valence-electron chi connectivity index (χ0n) is 11.2. The Balaban J connectivity index is 1.86. The summed E-state index contributed by atoms with van der Waals surface area (Å²) in [6, 6.07) is 16.7. The monoisotopic (exact) mass is 289 g/mol. The number of carbonyl (C=O) groups is 1. The molecule has 1 atom stereocenters. The van der Waals surface area contributed by atoms with Crippen molar-refractivity contribution in [3.8, 4) is 5.75 Å². The van der Waals surface area contributed by atoms with Crippen LogP contribution in [0.5, 0.6) is 5.75 Å². The van der Waals surface area contributed by atoms with E-state index in [0.717, 1.165) is 5.56 Å². The van der Waals surface area contributed by atoms with Gasteiger partial charge in [0.05, 0.1) is 0 Å². The van der Waals surface area contributed by atoms with Crippen LogP contribution in [-0.4, -0.2) is 12.0 Å². The Labute approximate surface area is 123 Å². The smallest absolute Gasteiger partial charge is 0.261 e. The van der Waals surface area contributed by atoms with Crippen LogP contribution in [0.4, 0.5) is 0 Å². The van der Waals surface area contributed by atoms with Crippen LogP contribution in [0, 0.1) is 0 Å². The SMILES string of the molecule is CC(Oc1cccc(Cl)c1)C(=O)NCc1ccccc1. The lowest BCUT2D eigenvalue weighted by Gasteiger charge is -2.14. The maximum atomic E-state index is 11.9. The van der Waals surface area contributed by atoms with Crippen molar-refractivity contribution in [3.05, 3.63) is 65.2 Å². The molecule has 0 aliphatic carbocycles. The van der Waals surface area contributed by atoms with Crippen LogP contribution in [-0.2, 0) is 11.3 Å². The molecule has 20 heavy (non-hydrogen) atoms. The second-order valence-electron chi connectivity index (χ2n) is 4.42. The van der Waals surface area contributed by atoms with Gasteiger partial charge in [-0.3, -0.25) is 4.79 Å². The fraction of sp³-hybridized carbons (Fsp3) is 0.188. The standard InChI is InChI=1S/C16H16ClNO2/c1-12(20-15-9-5-8-14(17)10-15)16(19)18-11-13-6-3-2-4-7-13/h2-10,12H,11H2,1H3,(H,18,19). The molecule has 0 aliphatic rings. The Bertz CT molecular complexity index is 572. The lowest BCUT2D eigenvalue weighted by molar-refractivity contribution is -0.127. The Kier molecular flexibility index (Phi) is 5.02. The minimum atomic E-state index is -0.572. The van der Waals surface area contributed by atoms with E-state index in [-0.39, 0.29) is 5.91 Å². The third kappa shape index (κ3) is 4.28. The van der Waals surface area contributed by atoms with Crippen molar-refractivity contribution in [1.82, 2.24) is 5.32 Å². The lowest BCUT2D eigenvalue weighted by atomic mass is 10.2. The molecule has 1 unspecified atom stereocenters. The topological polar surface area (TPSA) is 38.3 Å². The molecule has 0 bridgehead atoms. The van der Waals surface area contributed by atoms with Crippen molar-refractivity contribution in [2.75, 3.05) is 0 Å². The highest BCUT2D eigenvalue weighted by Crippen LogP contribution is 2.18. The quantitative estimate of drug-likeness (QED) is 0.916. The molecule has 0 spiro atoms. The van der Waals surface area contributed by atoms with Gasteiger partial charge in [0.25, 0.3) is 5.91 Å². The average Bonchev–Trinajstić information content (AvgIpc) is 2.46. The minimum Gasteiger partial charge on any atom is -0.481 e. The molecule has 0 aromatic heterocycles. The third-order valence-corrected chi connectivity index (χ3v) is 3.02. The van der Waals surface area contributed by atoms with Crippen LogP contribution < -0.4 is 10.1 Å². The highest BCUT2D eigenvalue weighted by molar-refractivity contribution is 6.30. The molecule has 104 valence electrons. The van der Waals surface area contributed by atoms with Crippen molar-refractivity contribution >= 4 is 17.5 Å².